The third kappa shape index (κ3) is 4.51. The molecule has 7 heteroatoms. The third-order valence-electron chi connectivity index (χ3n) is 6.27. The number of nitrogens with one attached hydrogen (secondary N) is 1. The lowest BCUT2D eigenvalue weighted by molar-refractivity contribution is -0.122. The van der Waals surface area contributed by atoms with Crippen LogP contribution in [0.1, 0.15) is 59.5 Å². The lowest BCUT2D eigenvalue weighted by atomic mass is 9.67. The fourth-order valence-electron chi connectivity index (χ4n) is 4.30. The van der Waals surface area contributed by atoms with Gasteiger partial charge in [0.2, 0.25) is 0 Å². The molecule has 31 heavy (non-hydrogen) atoms. The van der Waals surface area contributed by atoms with Gasteiger partial charge in [0.1, 0.15) is 11.6 Å². The molecular weight excluding hydrogens is 394 g/mol. The molecule has 7 nitrogen and oxygen atoms in total. The first-order valence-electron chi connectivity index (χ1n) is 10.6. The number of alkyl carbamates (subject to hydrolysis) is 1. The van der Waals surface area contributed by atoms with Gasteiger partial charge in [0.05, 0.1) is 19.3 Å². The molecule has 0 bridgehead atoms. The van der Waals surface area contributed by atoms with Crippen molar-refractivity contribution < 1.29 is 19.4 Å². The van der Waals surface area contributed by atoms with E-state index in [4.69, 9.17) is 0 Å². The number of pyridine rings is 1. The summed E-state index contributed by atoms with van der Waals surface area (Å²) >= 11 is 0. The zero-order valence-electron chi connectivity index (χ0n) is 17.9. The van der Waals surface area contributed by atoms with Crippen LogP contribution in [0, 0.1) is 6.92 Å². The monoisotopic (exact) mass is 421 g/mol. The number of benzene rings is 1. The van der Waals surface area contributed by atoms with E-state index in [2.05, 4.69) is 20.0 Å². The molecule has 1 aromatic heterocycles. The van der Waals surface area contributed by atoms with E-state index in [9.17, 15) is 14.7 Å². The molecule has 2 aromatic rings. The number of aliphatic hydroxyl groups is 1. The molecule has 1 saturated carbocycles. The van der Waals surface area contributed by atoms with E-state index in [1.54, 1.807) is 6.20 Å². The van der Waals surface area contributed by atoms with Crippen LogP contribution in [0.25, 0.3) is 0 Å². The highest BCUT2D eigenvalue weighted by Gasteiger charge is 2.43. The standard InChI is InChI=1S/C24H27N3O4/c1-15-4-6-16(7-5-15)21(24(30)8-3-9-24)12-19(28)11-18-10-17-13-26-22(20(17)14-25-18)27-23(29)31-2/h4-7,10,14,21,30H,3,8-9,11-13H2,1-2H3,(H,26,27,29)/t21-/m0/s1. The van der Waals surface area contributed by atoms with Crippen LogP contribution in [-0.4, -0.2) is 40.5 Å². The topological polar surface area (TPSA) is 101 Å². The van der Waals surface area contributed by atoms with E-state index in [0.717, 1.165) is 41.5 Å². The van der Waals surface area contributed by atoms with Gasteiger partial charge in [-0.2, -0.15) is 0 Å². The second-order valence-electron chi connectivity index (χ2n) is 8.45. The third-order valence-corrected chi connectivity index (χ3v) is 6.27. The van der Waals surface area contributed by atoms with E-state index in [0.29, 0.717) is 18.1 Å². The summed E-state index contributed by atoms with van der Waals surface area (Å²) in [6.45, 7) is 2.45. The van der Waals surface area contributed by atoms with E-state index in [1.807, 2.05) is 37.3 Å². The molecule has 1 aliphatic heterocycles. The van der Waals surface area contributed by atoms with Crippen molar-refractivity contribution in [1.29, 1.82) is 0 Å². The van der Waals surface area contributed by atoms with Gasteiger partial charge in [0.25, 0.3) is 0 Å². The number of hydrogen-bond donors (Lipinski definition) is 2. The summed E-state index contributed by atoms with van der Waals surface area (Å²) in [5.74, 6) is 0.270. The van der Waals surface area contributed by atoms with Gasteiger partial charge in [-0.25, -0.2) is 4.79 Å². The van der Waals surface area contributed by atoms with Crippen LogP contribution in [0.5, 0.6) is 0 Å². The maximum Gasteiger partial charge on any atom is 0.412 e. The number of carbonyl (C=O) groups is 2. The summed E-state index contributed by atoms with van der Waals surface area (Å²) in [5.41, 5.74) is 3.68. The summed E-state index contributed by atoms with van der Waals surface area (Å²) in [5, 5.41) is 13.6. The van der Waals surface area contributed by atoms with E-state index in [-0.39, 0.29) is 24.5 Å². The fraction of sp³-hybridized carbons (Fsp3) is 0.417. The molecule has 1 fully saturated rings. The second-order valence-corrected chi connectivity index (χ2v) is 8.45. The predicted octanol–water partition coefficient (Wildman–Crippen LogP) is 3.21. The molecule has 1 atom stereocenters. The lowest BCUT2D eigenvalue weighted by Crippen LogP contribution is -2.44. The van der Waals surface area contributed by atoms with Gasteiger partial charge in [0.15, 0.2) is 0 Å². The van der Waals surface area contributed by atoms with Gasteiger partial charge in [-0.05, 0) is 43.4 Å². The number of aryl methyl sites for hydroxylation is 1. The molecule has 4 rings (SSSR count). The van der Waals surface area contributed by atoms with Gasteiger partial charge in [0, 0.05) is 36.2 Å². The summed E-state index contributed by atoms with van der Waals surface area (Å²) in [7, 11) is 1.29. The van der Waals surface area contributed by atoms with Crippen molar-refractivity contribution in [2.24, 2.45) is 4.99 Å². The number of Topliss-reactive ketones (excluding diaryl/α,β-unsaturated/α-hetero) is 1. The highest BCUT2D eigenvalue weighted by molar-refractivity contribution is 6.08. The molecule has 2 aliphatic rings. The van der Waals surface area contributed by atoms with E-state index < -0.39 is 11.7 Å². The van der Waals surface area contributed by atoms with Crippen LogP contribution < -0.4 is 5.32 Å². The average molecular weight is 421 g/mol. The minimum absolute atomic E-state index is 0.0465. The van der Waals surface area contributed by atoms with Crippen LogP contribution >= 0.6 is 0 Å². The number of methoxy groups -OCH3 is 1. The predicted molar refractivity (Wildman–Crippen MR) is 116 cm³/mol. The molecule has 0 unspecified atom stereocenters. The van der Waals surface area contributed by atoms with Crippen molar-refractivity contribution in [3.63, 3.8) is 0 Å². The Morgan fingerprint density at radius 2 is 2.00 bits per heavy atom. The van der Waals surface area contributed by atoms with Gasteiger partial charge in [-0.3, -0.25) is 20.1 Å². The highest BCUT2D eigenvalue weighted by atomic mass is 16.5. The molecule has 2 heterocycles. The first-order chi connectivity index (χ1) is 14.9. The SMILES string of the molecule is COC(=O)NC1=NCc2cc(CC(=O)C[C@@H](c3ccc(C)cc3)C3(O)CCC3)ncc21. The van der Waals surface area contributed by atoms with Gasteiger partial charge < -0.3 is 9.84 Å². The van der Waals surface area contributed by atoms with Crippen molar-refractivity contribution in [2.45, 2.75) is 57.1 Å². The fourth-order valence-corrected chi connectivity index (χ4v) is 4.30. The summed E-state index contributed by atoms with van der Waals surface area (Å²) in [4.78, 5) is 33.1. The van der Waals surface area contributed by atoms with Crippen molar-refractivity contribution >= 4 is 17.7 Å². The number of nitrogens with zero attached hydrogens (tertiary/aromatic N) is 2. The van der Waals surface area contributed by atoms with Crippen LogP contribution in [0.4, 0.5) is 4.79 Å². The number of ketones is 1. The Labute approximate surface area is 181 Å². The number of rotatable bonds is 6. The molecule has 2 N–H and O–H groups in total. The zero-order chi connectivity index (χ0) is 22.0. The van der Waals surface area contributed by atoms with Crippen molar-refractivity contribution in [2.75, 3.05) is 7.11 Å². The first-order valence-corrected chi connectivity index (χ1v) is 10.6. The highest BCUT2D eigenvalue weighted by Crippen LogP contribution is 2.45. The minimum atomic E-state index is -0.807. The smallest absolute Gasteiger partial charge is 0.412 e. The number of aromatic nitrogens is 1. The van der Waals surface area contributed by atoms with Gasteiger partial charge >= 0.3 is 6.09 Å². The summed E-state index contributed by atoms with van der Waals surface area (Å²) < 4.78 is 4.61. The Morgan fingerprint density at radius 3 is 2.65 bits per heavy atom. The Morgan fingerprint density at radius 1 is 1.26 bits per heavy atom. The van der Waals surface area contributed by atoms with Crippen molar-refractivity contribution in [1.82, 2.24) is 10.3 Å². The first kappa shape index (κ1) is 21.2. The van der Waals surface area contributed by atoms with Crippen molar-refractivity contribution in [3.8, 4) is 0 Å². The molecule has 1 aromatic carbocycles. The number of hydrogen-bond acceptors (Lipinski definition) is 6. The van der Waals surface area contributed by atoms with Gasteiger partial charge in [-0.15, -0.1) is 0 Å². The summed E-state index contributed by atoms with van der Waals surface area (Å²) in [6.07, 6.45) is 3.97. The second kappa shape index (κ2) is 8.59. The average Bonchev–Trinajstić information content (AvgIpc) is 3.13. The normalized spacial score (nSPS) is 17.2. The van der Waals surface area contributed by atoms with Crippen LogP contribution in [0.15, 0.2) is 41.5 Å². The number of carbonyl (C=O) groups excluding carboxylic acids is 2. The molecular formula is C24H27N3O4. The molecule has 1 aliphatic carbocycles. The number of ether oxygens (including phenoxy) is 1. The molecule has 0 radical (unpaired) electrons. The Kier molecular flexibility index (Phi) is 5.87. The van der Waals surface area contributed by atoms with Gasteiger partial charge in [-0.1, -0.05) is 29.8 Å². The quantitative estimate of drug-likeness (QED) is 0.746. The Bertz CT molecular complexity index is 1030. The minimum Gasteiger partial charge on any atom is -0.453 e. The number of amidine groups is 1. The Hall–Kier alpha value is -3.06. The zero-order valence-corrected chi connectivity index (χ0v) is 17.9. The van der Waals surface area contributed by atoms with Crippen LogP contribution in [0.2, 0.25) is 0 Å². The van der Waals surface area contributed by atoms with E-state index in [1.165, 1.54) is 7.11 Å². The molecule has 0 spiro atoms. The molecule has 1 amide bonds. The maximum absolute atomic E-state index is 12.9. The molecule has 162 valence electrons. The number of aliphatic imine (C=N–C) groups is 1. The molecule has 0 saturated heterocycles. The number of amides is 1. The van der Waals surface area contributed by atoms with Crippen molar-refractivity contribution in [3.05, 3.63) is 64.5 Å². The maximum atomic E-state index is 12.9. The number of fused-ring (bicyclic) bond motifs is 1. The van der Waals surface area contributed by atoms with Crippen LogP contribution in [-0.2, 0) is 22.5 Å². The largest absolute Gasteiger partial charge is 0.453 e. The van der Waals surface area contributed by atoms with Crippen LogP contribution in [0.3, 0.4) is 0 Å². The van der Waals surface area contributed by atoms with E-state index >= 15 is 0 Å². The Balaban J connectivity index is 1.45. The lowest BCUT2D eigenvalue weighted by Gasteiger charge is -2.43. The summed E-state index contributed by atoms with van der Waals surface area (Å²) in [6, 6.07) is 9.95.